The summed E-state index contributed by atoms with van der Waals surface area (Å²) < 4.78 is 11.1. The van der Waals surface area contributed by atoms with E-state index in [2.05, 4.69) is 101 Å². The number of carbonyl (C=O) groups is 2. The predicted octanol–water partition coefficient (Wildman–Crippen LogP) is 8.73. The monoisotopic (exact) mass is 724 g/mol. The molecule has 0 fully saturated rings. The van der Waals surface area contributed by atoms with Crippen LogP contribution < -0.4 is 14.3 Å². The molecule has 0 radical (unpaired) electrons. The van der Waals surface area contributed by atoms with E-state index in [-0.39, 0.29) is 11.8 Å². The number of amides is 2. The van der Waals surface area contributed by atoms with Crippen LogP contribution >= 0.6 is 0 Å². The van der Waals surface area contributed by atoms with Gasteiger partial charge >= 0.3 is 292 Å². The molecule has 0 saturated heterocycles. The number of hydrogen-bond acceptors (Lipinski definition) is 3. The van der Waals surface area contributed by atoms with Gasteiger partial charge in [-0.25, -0.2) is 0 Å². The van der Waals surface area contributed by atoms with Gasteiger partial charge in [-0.05, 0) is 0 Å². The summed E-state index contributed by atoms with van der Waals surface area (Å²) in [7, 11) is 0. The van der Waals surface area contributed by atoms with Crippen LogP contribution in [0.2, 0.25) is 8.26 Å². The van der Waals surface area contributed by atoms with Crippen LogP contribution in [0.1, 0.15) is 87.5 Å². The molecule has 5 nitrogen and oxygen atoms in total. The van der Waals surface area contributed by atoms with Crippen LogP contribution in [-0.4, -0.2) is 24.9 Å². The van der Waals surface area contributed by atoms with Crippen LogP contribution in [0, 0.1) is 69.2 Å². The molecule has 4 N–H and O–H groups in total. The second-order valence-electron chi connectivity index (χ2n) is 14.7. The maximum absolute atomic E-state index is 13.8. The molecule has 0 aliphatic rings. The van der Waals surface area contributed by atoms with Crippen LogP contribution in [0.25, 0.3) is 0 Å². The summed E-state index contributed by atoms with van der Waals surface area (Å²) in [6.45, 7) is 21.8. The van der Waals surface area contributed by atoms with Crippen molar-refractivity contribution in [1.29, 1.82) is 0 Å². The summed E-state index contributed by atoms with van der Waals surface area (Å²) in [5.74, 6) is -0.0765. The molecule has 4 aromatic carbocycles. The number of nitrogens with one attached hydrogen (secondary N) is 2. The summed E-state index contributed by atoms with van der Waals surface area (Å²) in [5, 5.41) is 6.62. The van der Waals surface area contributed by atoms with E-state index in [1.54, 1.807) is 0 Å². The molecule has 0 heterocycles. The quantitative estimate of drug-likeness (QED) is 0.137. The Morgan fingerprint density at radius 2 is 0.750 bits per heavy atom. The Bertz CT molecular complexity index is 1640. The zero-order valence-electron chi connectivity index (χ0n) is 30.9. The molecule has 0 aliphatic carbocycles. The molecule has 6 heteroatoms. The van der Waals surface area contributed by atoms with Gasteiger partial charge in [0.2, 0.25) is 0 Å². The van der Waals surface area contributed by atoms with Gasteiger partial charge in [0, 0.05) is 0 Å². The van der Waals surface area contributed by atoms with Crippen LogP contribution in [-0.2, 0) is 27.3 Å². The number of carbonyl (C=O) groups excluding carboxylic acids is 2. The van der Waals surface area contributed by atoms with Crippen molar-refractivity contribution in [3.63, 3.8) is 0 Å². The van der Waals surface area contributed by atoms with Crippen molar-refractivity contribution in [2.45, 2.75) is 85.8 Å². The Morgan fingerprint density at radius 1 is 0.479 bits per heavy atom. The molecular formula is C42H56N3O2Zr. The Balaban J connectivity index is 1.68. The molecule has 0 spiro atoms. The number of rotatable bonds is 12. The predicted molar refractivity (Wildman–Crippen MR) is 199 cm³/mol. The van der Waals surface area contributed by atoms with Gasteiger partial charge in [-0.2, -0.15) is 0 Å². The van der Waals surface area contributed by atoms with Crippen molar-refractivity contribution in [3.8, 4) is 0 Å². The Kier molecular flexibility index (Phi) is 11.8. The summed E-state index contributed by atoms with van der Waals surface area (Å²) in [6, 6.07) is 21.0. The summed E-state index contributed by atoms with van der Waals surface area (Å²) in [6.07, 6.45) is 0. The topological polar surface area (TPSA) is 84.2 Å². The molecule has 255 valence electrons. The van der Waals surface area contributed by atoms with E-state index in [4.69, 9.17) is 3.68 Å². The fraction of sp³-hybridized carbons (Fsp3) is 0.381. The van der Waals surface area contributed by atoms with Crippen LogP contribution in [0.15, 0.2) is 60.7 Å². The summed E-state index contributed by atoms with van der Waals surface area (Å²) >= 11 is -4.37. The fourth-order valence-corrected chi connectivity index (χ4v) is 20.9. The molecule has 0 aromatic heterocycles. The summed E-state index contributed by atoms with van der Waals surface area (Å²) in [4.78, 5) is 27.7. The molecule has 2 amide bonds. The number of hydrogen-bond donors (Lipinski definition) is 3. The molecular weight excluding hydrogens is 670 g/mol. The zero-order valence-corrected chi connectivity index (χ0v) is 33.4. The van der Waals surface area contributed by atoms with E-state index in [0.29, 0.717) is 13.1 Å². The molecule has 48 heavy (non-hydrogen) atoms. The van der Waals surface area contributed by atoms with Gasteiger partial charge in [0.15, 0.2) is 0 Å². The van der Waals surface area contributed by atoms with Crippen molar-refractivity contribution in [2.24, 2.45) is 3.68 Å². The zero-order chi connectivity index (χ0) is 35.4. The van der Waals surface area contributed by atoms with Gasteiger partial charge in [0.1, 0.15) is 0 Å². The van der Waals surface area contributed by atoms with Gasteiger partial charge in [-0.3, -0.25) is 0 Å². The van der Waals surface area contributed by atoms with E-state index in [0.717, 1.165) is 49.9 Å². The first-order valence-electron chi connectivity index (χ1n) is 17.3. The van der Waals surface area contributed by atoms with Crippen molar-refractivity contribution < 1.29 is 28.7 Å². The van der Waals surface area contributed by atoms with Crippen molar-refractivity contribution >= 4 is 11.8 Å². The maximum atomic E-state index is 13.8. The molecule has 4 aromatic rings. The van der Waals surface area contributed by atoms with Gasteiger partial charge in [-0.15, -0.1) is 0 Å². The van der Waals surface area contributed by atoms with Gasteiger partial charge in [0.25, 0.3) is 0 Å². The Labute approximate surface area is 290 Å². The normalized spacial score (nSPS) is 12.4. The summed E-state index contributed by atoms with van der Waals surface area (Å²) in [5.41, 5.74) is 15.3. The standard InChI is InChI=1S/2C14H20NO.2C7H7.H2N.Zr/c2*1-7-15-14(16)13-11(5)9(3)8(2)10(4)12(13)6;2*1-7-5-3-2-4-6-7;;/h2*1,7H2,2-6H3,(H,15,16);2*2-6H,1H2;1H2;/q;;;;-1;+1. The van der Waals surface area contributed by atoms with Crippen molar-refractivity contribution in [1.82, 2.24) is 10.6 Å². The average molecular weight is 726 g/mol. The van der Waals surface area contributed by atoms with Gasteiger partial charge < -0.3 is 0 Å². The molecule has 0 unspecified atom stereocenters. The minimum absolute atomic E-state index is 0.0382. The van der Waals surface area contributed by atoms with E-state index in [1.807, 2.05) is 39.8 Å². The number of nitrogens with two attached hydrogens (primary N) is 1. The first-order valence-corrected chi connectivity index (χ1v) is 25.7. The van der Waals surface area contributed by atoms with Gasteiger partial charge in [-0.1, -0.05) is 0 Å². The van der Waals surface area contributed by atoms with Crippen LogP contribution in [0.5, 0.6) is 0 Å². The Morgan fingerprint density at radius 3 is 1.04 bits per heavy atom. The molecule has 0 aliphatic heterocycles. The Hall–Kier alpha value is -3.34. The van der Waals surface area contributed by atoms with E-state index in [1.165, 1.54) is 44.5 Å². The fourth-order valence-electron chi connectivity index (χ4n) is 7.72. The first-order chi connectivity index (χ1) is 22.6. The van der Waals surface area contributed by atoms with Gasteiger partial charge in [0.05, 0.1) is 0 Å². The molecule has 0 atom stereocenters. The molecule has 0 bridgehead atoms. The SMILES string of the molecule is Cc1c(C)c(C)c(C(=O)NC[CH2][Zr]([NH2])([CH2]CNC(=O)c2c(C)c(C)c(C)c(C)c2C)([CH2]c2ccccc2)[CH2]c2ccccc2)c(C)c1C. The van der Waals surface area contributed by atoms with E-state index in [9.17, 15) is 9.59 Å². The number of benzene rings is 4. The second kappa shape index (κ2) is 15.1. The first kappa shape index (κ1) is 37.5. The van der Waals surface area contributed by atoms with Crippen LogP contribution in [0.3, 0.4) is 0 Å². The van der Waals surface area contributed by atoms with Crippen molar-refractivity contribution in [2.75, 3.05) is 13.1 Å². The second-order valence-corrected chi connectivity index (χ2v) is 30.2. The molecule has 0 saturated carbocycles. The third-order valence-electron chi connectivity index (χ3n) is 11.7. The molecule has 4 rings (SSSR count). The van der Waals surface area contributed by atoms with Crippen molar-refractivity contribution in [3.05, 3.63) is 139 Å². The van der Waals surface area contributed by atoms with Crippen LogP contribution in [0.4, 0.5) is 0 Å². The third kappa shape index (κ3) is 7.93. The van der Waals surface area contributed by atoms with E-state index < -0.39 is 19.1 Å². The third-order valence-corrected chi connectivity index (χ3v) is 26.2. The minimum atomic E-state index is -4.37. The average Bonchev–Trinajstić information content (AvgIpc) is 3.05. The van der Waals surface area contributed by atoms with E-state index >= 15 is 0 Å².